The third kappa shape index (κ3) is 8.23. The van der Waals surface area contributed by atoms with Gasteiger partial charge in [0.25, 0.3) is 0 Å². The average Bonchev–Trinajstić information content (AvgIpc) is 2.82. The van der Waals surface area contributed by atoms with Gasteiger partial charge in [0.2, 0.25) is 0 Å². The van der Waals surface area contributed by atoms with Crippen LogP contribution in [0.5, 0.6) is 0 Å². The largest absolute Gasteiger partial charge is 0.378 e. The van der Waals surface area contributed by atoms with Crippen LogP contribution >= 0.6 is 0 Å². The Morgan fingerprint density at radius 2 is 1.77 bits per heavy atom. The first-order chi connectivity index (χ1) is 15.2. The van der Waals surface area contributed by atoms with Crippen molar-refractivity contribution in [3.05, 3.63) is 65.7 Å². The smallest absolute Gasteiger partial charge is 0.191 e. The second-order valence-electron chi connectivity index (χ2n) is 7.95. The Hall–Kier alpha value is -2.57. The van der Waals surface area contributed by atoms with E-state index >= 15 is 0 Å². The Balaban J connectivity index is 1.42. The first kappa shape index (κ1) is 23.1. The van der Waals surface area contributed by atoms with Crippen molar-refractivity contribution in [1.82, 2.24) is 10.6 Å². The van der Waals surface area contributed by atoms with Gasteiger partial charge in [-0.2, -0.15) is 0 Å². The number of benzene rings is 2. The number of anilines is 1. The summed E-state index contributed by atoms with van der Waals surface area (Å²) in [6, 6.07) is 19.0. The first-order valence-electron chi connectivity index (χ1n) is 11.3. The minimum absolute atomic E-state index is 0.389. The molecule has 168 valence electrons. The van der Waals surface area contributed by atoms with Crippen molar-refractivity contribution in [1.29, 1.82) is 0 Å². The van der Waals surface area contributed by atoms with Crippen molar-refractivity contribution in [3.63, 3.8) is 0 Å². The van der Waals surface area contributed by atoms with Gasteiger partial charge in [0.1, 0.15) is 0 Å². The van der Waals surface area contributed by atoms with Crippen LogP contribution in [-0.4, -0.2) is 52.0 Å². The summed E-state index contributed by atoms with van der Waals surface area (Å²) < 4.78 is 11.3. The highest BCUT2D eigenvalue weighted by Gasteiger charge is 2.10. The van der Waals surface area contributed by atoms with Crippen molar-refractivity contribution in [2.75, 3.05) is 50.9 Å². The molecule has 2 N–H and O–H groups in total. The zero-order chi connectivity index (χ0) is 21.7. The lowest BCUT2D eigenvalue weighted by Gasteiger charge is -2.28. The molecular formula is C25H36N4O2. The topological polar surface area (TPSA) is 58.1 Å². The van der Waals surface area contributed by atoms with E-state index in [4.69, 9.17) is 14.5 Å². The molecule has 31 heavy (non-hydrogen) atoms. The van der Waals surface area contributed by atoms with Crippen molar-refractivity contribution in [3.8, 4) is 0 Å². The van der Waals surface area contributed by atoms with Crippen molar-refractivity contribution < 1.29 is 9.47 Å². The van der Waals surface area contributed by atoms with Gasteiger partial charge in [-0.1, -0.05) is 49.4 Å². The lowest BCUT2D eigenvalue weighted by Crippen LogP contribution is -2.40. The normalized spacial score (nSPS) is 15.5. The molecule has 1 fully saturated rings. The molecule has 6 nitrogen and oxygen atoms in total. The maximum atomic E-state index is 5.85. The van der Waals surface area contributed by atoms with Gasteiger partial charge in [-0.15, -0.1) is 0 Å². The van der Waals surface area contributed by atoms with Gasteiger partial charge in [0, 0.05) is 31.9 Å². The van der Waals surface area contributed by atoms with E-state index in [1.807, 2.05) is 18.2 Å². The summed E-state index contributed by atoms with van der Waals surface area (Å²) in [4.78, 5) is 7.11. The Morgan fingerprint density at radius 1 is 1.03 bits per heavy atom. The van der Waals surface area contributed by atoms with Crippen LogP contribution in [0.4, 0.5) is 5.69 Å². The third-order valence-corrected chi connectivity index (χ3v) is 5.21. The molecule has 0 bridgehead atoms. The van der Waals surface area contributed by atoms with Crippen LogP contribution < -0.4 is 15.5 Å². The van der Waals surface area contributed by atoms with E-state index in [0.717, 1.165) is 45.4 Å². The van der Waals surface area contributed by atoms with E-state index in [2.05, 4.69) is 65.8 Å². The number of morpholine rings is 1. The summed E-state index contributed by atoms with van der Waals surface area (Å²) in [6.45, 7) is 11.5. The maximum Gasteiger partial charge on any atom is 0.191 e. The van der Waals surface area contributed by atoms with Crippen LogP contribution in [-0.2, 0) is 22.6 Å². The molecule has 0 aliphatic carbocycles. The summed E-state index contributed by atoms with van der Waals surface area (Å²) in [5.74, 6) is 1.23. The molecule has 1 heterocycles. The van der Waals surface area contributed by atoms with Crippen molar-refractivity contribution in [2.45, 2.75) is 27.0 Å². The van der Waals surface area contributed by atoms with E-state index in [1.165, 1.54) is 16.8 Å². The Bertz CT molecular complexity index is 774. The second kappa shape index (κ2) is 13.0. The van der Waals surface area contributed by atoms with Crippen LogP contribution in [0.15, 0.2) is 59.6 Å². The van der Waals surface area contributed by atoms with E-state index in [1.54, 1.807) is 0 Å². The molecule has 6 heteroatoms. The molecule has 1 saturated heterocycles. The van der Waals surface area contributed by atoms with E-state index in [9.17, 15) is 0 Å². The molecule has 2 aromatic carbocycles. The van der Waals surface area contributed by atoms with Crippen LogP contribution in [0.25, 0.3) is 0 Å². The van der Waals surface area contributed by atoms with E-state index in [0.29, 0.717) is 25.7 Å². The van der Waals surface area contributed by atoms with E-state index in [-0.39, 0.29) is 0 Å². The zero-order valence-corrected chi connectivity index (χ0v) is 18.8. The molecule has 0 radical (unpaired) electrons. The standard InChI is InChI=1S/C25H36N4O2/c1-3-26-25(27-17-21(2)19-31-20-23-7-5-4-6-8-23)28-18-22-9-11-24(12-10-22)29-13-15-30-16-14-29/h4-12,21H,3,13-20H2,1-2H3,(H2,26,27,28). The van der Waals surface area contributed by atoms with Gasteiger partial charge in [-0.3, -0.25) is 0 Å². The maximum absolute atomic E-state index is 5.85. The highest BCUT2D eigenvalue weighted by atomic mass is 16.5. The molecule has 0 spiro atoms. The number of hydrogen-bond acceptors (Lipinski definition) is 4. The first-order valence-corrected chi connectivity index (χ1v) is 11.3. The second-order valence-corrected chi connectivity index (χ2v) is 7.95. The number of guanidine groups is 1. The summed E-state index contributed by atoms with van der Waals surface area (Å²) in [7, 11) is 0. The van der Waals surface area contributed by atoms with Gasteiger partial charge < -0.3 is 25.0 Å². The molecule has 2 aromatic rings. The molecule has 0 aromatic heterocycles. The molecule has 0 amide bonds. The van der Waals surface area contributed by atoms with Gasteiger partial charge in [-0.05, 0) is 36.1 Å². The zero-order valence-electron chi connectivity index (χ0n) is 18.8. The lowest BCUT2D eigenvalue weighted by molar-refractivity contribution is 0.0931. The summed E-state index contributed by atoms with van der Waals surface area (Å²) in [5, 5.41) is 6.77. The molecule has 1 atom stereocenters. The predicted molar refractivity (Wildman–Crippen MR) is 128 cm³/mol. The van der Waals surface area contributed by atoms with Crippen LogP contribution in [0, 0.1) is 5.92 Å². The van der Waals surface area contributed by atoms with Crippen LogP contribution in [0.2, 0.25) is 0 Å². The van der Waals surface area contributed by atoms with Crippen molar-refractivity contribution >= 4 is 11.6 Å². The highest BCUT2D eigenvalue weighted by molar-refractivity contribution is 5.79. The Kier molecular flexibility index (Phi) is 9.67. The van der Waals surface area contributed by atoms with Gasteiger partial charge in [-0.25, -0.2) is 4.99 Å². The van der Waals surface area contributed by atoms with E-state index < -0.39 is 0 Å². The fraction of sp³-hybridized carbons (Fsp3) is 0.480. The Morgan fingerprint density at radius 3 is 2.48 bits per heavy atom. The lowest BCUT2D eigenvalue weighted by atomic mass is 10.2. The molecule has 1 aliphatic rings. The summed E-state index contributed by atoms with van der Waals surface area (Å²) in [5.41, 5.74) is 3.66. The third-order valence-electron chi connectivity index (χ3n) is 5.21. The molecule has 1 unspecified atom stereocenters. The molecule has 0 saturated carbocycles. The number of nitrogens with zero attached hydrogens (tertiary/aromatic N) is 2. The fourth-order valence-corrected chi connectivity index (χ4v) is 3.43. The summed E-state index contributed by atoms with van der Waals surface area (Å²) >= 11 is 0. The fourth-order valence-electron chi connectivity index (χ4n) is 3.43. The summed E-state index contributed by atoms with van der Waals surface area (Å²) in [6.07, 6.45) is 0. The number of aliphatic imine (C=N–C) groups is 1. The minimum Gasteiger partial charge on any atom is -0.378 e. The molecular weight excluding hydrogens is 388 g/mol. The quantitative estimate of drug-likeness (QED) is 0.452. The number of rotatable bonds is 10. The van der Waals surface area contributed by atoms with Crippen molar-refractivity contribution in [2.24, 2.45) is 10.9 Å². The van der Waals surface area contributed by atoms with Gasteiger partial charge in [0.05, 0.1) is 33.0 Å². The minimum atomic E-state index is 0.389. The predicted octanol–water partition coefficient (Wildman–Crippen LogP) is 3.43. The van der Waals surface area contributed by atoms with Gasteiger partial charge in [0.15, 0.2) is 5.96 Å². The Labute approximate surface area is 186 Å². The number of ether oxygens (including phenoxy) is 2. The monoisotopic (exact) mass is 424 g/mol. The van der Waals surface area contributed by atoms with Crippen LogP contribution in [0.3, 0.4) is 0 Å². The average molecular weight is 425 g/mol. The number of hydrogen-bond donors (Lipinski definition) is 2. The van der Waals surface area contributed by atoms with Gasteiger partial charge >= 0.3 is 0 Å². The molecule has 3 rings (SSSR count). The van der Waals surface area contributed by atoms with Crippen LogP contribution in [0.1, 0.15) is 25.0 Å². The number of nitrogens with one attached hydrogen (secondary N) is 2. The molecule has 1 aliphatic heterocycles. The highest BCUT2D eigenvalue weighted by Crippen LogP contribution is 2.17. The SMILES string of the molecule is CCNC(=NCc1ccc(N2CCOCC2)cc1)NCC(C)COCc1ccccc1.